The van der Waals surface area contributed by atoms with Crippen molar-refractivity contribution in [2.24, 2.45) is 0 Å². The van der Waals surface area contributed by atoms with Crippen molar-refractivity contribution in [3.63, 3.8) is 0 Å². The third kappa shape index (κ3) is 4.84. The summed E-state index contributed by atoms with van der Waals surface area (Å²) in [5.41, 5.74) is -0.387. The monoisotopic (exact) mass is 275 g/mol. The van der Waals surface area contributed by atoms with Crippen molar-refractivity contribution in [3.8, 4) is 0 Å². The van der Waals surface area contributed by atoms with Crippen LogP contribution in [0, 0.1) is 6.92 Å². The molecule has 18 heavy (non-hydrogen) atoms. The van der Waals surface area contributed by atoms with Crippen LogP contribution in [0.1, 0.15) is 5.56 Å². The molecule has 0 amide bonds. The number of aryl methyl sites for hydroxylation is 1. The molecule has 0 saturated heterocycles. The van der Waals surface area contributed by atoms with Gasteiger partial charge in [-0.1, -0.05) is 0 Å². The van der Waals surface area contributed by atoms with E-state index in [1.165, 1.54) is 17.0 Å². The molecule has 0 aromatic carbocycles. The van der Waals surface area contributed by atoms with E-state index in [0.717, 1.165) is 0 Å². The lowest BCUT2D eigenvalue weighted by Gasteiger charge is -2.07. The summed E-state index contributed by atoms with van der Waals surface area (Å²) in [4.78, 5) is 24.7. The Balaban J connectivity index is 2.48. The van der Waals surface area contributed by atoms with Crippen LogP contribution in [0.25, 0.3) is 0 Å². The second-order valence-electron chi connectivity index (χ2n) is 4.14. The van der Waals surface area contributed by atoms with E-state index in [1.807, 2.05) is 0 Å². The van der Waals surface area contributed by atoms with E-state index in [1.54, 1.807) is 6.92 Å². The molecular weight excluding hydrogens is 258 g/mol. The zero-order valence-corrected chi connectivity index (χ0v) is 11.2. The normalized spacial score (nSPS) is 11.7. The van der Waals surface area contributed by atoms with Crippen LogP contribution in [-0.2, 0) is 16.4 Å². The number of hydrogen-bond donors (Lipinski definition) is 2. The highest BCUT2D eigenvalue weighted by molar-refractivity contribution is 7.90. The number of aromatic amines is 1. The van der Waals surface area contributed by atoms with Crippen LogP contribution in [0.4, 0.5) is 0 Å². The third-order valence-corrected chi connectivity index (χ3v) is 3.31. The Morgan fingerprint density at radius 3 is 2.61 bits per heavy atom. The lowest BCUT2D eigenvalue weighted by Crippen LogP contribution is -2.34. The number of nitrogens with one attached hydrogen (secondary N) is 2. The first-order valence-electron chi connectivity index (χ1n) is 5.48. The molecule has 7 nitrogen and oxygen atoms in total. The van der Waals surface area contributed by atoms with Crippen LogP contribution in [0.5, 0.6) is 0 Å². The molecule has 0 bridgehead atoms. The first-order chi connectivity index (χ1) is 8.29. The van der Waals surface area contributed by atoms with Gasteiger partial charge >= 0.3 is 5.69 Å². The highest BCUT2D eigenvalue weighted by atomic mass is 32.2. The summed E-state index contributed by atoms with van der Waals surface area (Å²) >= 11 is 0. The van der Waals surface area contributed by atoms with E-state index in [9.17, 15) is 18.0 Å². The van der Waals surface area contributed by atoms with Crippen LogP contribution in [0.2, 0.25) is 0 Å². The average molecular weight is 275 g/mol. The standard InChI is InChI=1S/C10H17N3O4S/c1-8-7-13(10(15)12-9(8)14)5-3-11-4-6-18(2,16)17/h7,11H,3-6H2,1-2H3,(H,12,14,15). The van der Waals surface area contributed by atoms with Gasteiger partial charge in [-0.25, -0.2) is 13.2 Å². The molecule has 0 aliphatic heterocycles. The fraction of sp³-hybridized carbons (Fsp3) is 0.600. The lowest BCUT2D eigenvalue weighted by molar-refractivity contribution is 0.573. The van der Waals surface area contributed by atoms with Gasteiger partial charge in [-0.05, 0) is 6.92 Å². The van der Waals surface area contributed by atoms with Crippen molar-refractivity contribution in [1.82, 2.24) is 14.9 Å². The first-order valence-corrected chi connectivity index (χ1v) is 7.54. The Kier molecular flexibility index (Phi) is 4.85. The molecule has 0 aliphatic carbocycles. The van der Waals surface area contributed by atoms with Gasteiger partial charge in [0.25, 0.3) is 5.56 Å². The minimum atomic E-state index is -2.97. The number of aromatic nitrogens is 2. The maximum Gasteiger partial charge on any atom is 0.328 e. The maximum atomic E-state index is 11.4. The van der Waals surface area contributed by atoms with Crippen molar-refractivity contribution in [3.05, 3.63) is 32.6 Å². The highest BCUT2D eigenvalue weighted by Crippen LogP contribution is 1.84. The van der Waals surface area contributed by atoms with Gasteiger partial charge in [-0.2, -0.15) is 0 Å². The molecular formula is C10H17N3O4S. The first kappa shape index (κ1) is 14.7. The number of nitrogens with zero attached hydrogens (tertiary/aromatic N) is 1. The Labute approximate surface area is 105 Å². The summed E-state index contributed by atoms with van der Waals surface area (Å²) in [5, 5.41) is 2.92. The number of hydrogen-bond acceptors (Lipinski definition) is 5. The summed E-state index contributed by atoms with van der Waals surface area (Å²) in [7, 11) is -2.97. The van der Waals surface area contributed by atoms with Crippen molar-refractivity contribution < 1.29 is 8.42 Å². The molecule has 0 unspecified atom stereocenters. The maximum absolute atomic E-state index is 11.4. The molecule has 1 aromatic rings. The van der Waals surface area contributed by atoms with Crippen molar-refractivity contribution in [2.45, 2.75) is 13.5 Å². The van der Waals surface area contributed by atoms with Crippen LogP contribution in [0.15, 0.2) is 15.8 Å². The molecule has 0 radical (unpaired) electrons. The Bertz CT molecular complexity index is 615. The summed E-state index contributed by atoms with van der Waals surface area (Å²) in [6, 6.07) is 0. The van der Waals surface area contributed by atoms with E-state index < -0.39 is 15.5 Å². The molecule has 0 aliphatic rings. The molecule has 2 N–H and O–H groups in total. The SMILES string of the molecule is Cc1cn(CCNCCS(C)(=O)=O)c(=O)[nH]c1=O. The molecule has 102 valence electrons. The molecule has 1 aromatic heterocycles. The second kappa shape index (κ2) is 5.96. The molecule has 1 heterocycles. The van der Waals surface area contributed by atoms with Gasteiger partial charge in [0.05, 0.1) is 5.75 Å². The molecule has 0 spiro atoms. The van der Waals surface area contributed by atoms with Gasteiger partial charge in [-0.3, -0.25) is 14.3 Å². The summed E-state index contributed by atoms with van der Waals surface area (Å²) in [5.74, 6) is 0.0621. The average Bonchev–Trinajstić information content (AvgIpc) is 2.23. The zero-order chi connectivity index (χ0) is 13.8. The minimum absolute atomic E-state index is 0.0621. The minimum Gasteiger partial charge on any atom is -0.314 e. The third-order valence-electron chi connectivity index (χ3n) is 2.37. The summed E-state index contributed by atoms with van der Waals surface area (Å²) < 4.78 is 23.1. The predicted molar refractivity (Wildman–Crippen MR) is 68.6 cm³/mol. The van der Waals surface area contributed by atoms with E-state index >= 15 is 0 Å². The van der Waals surface area contributed by atoms with Crippen LogP contribution in [-0.4, -0.2) is 43.1 Å². The Morgan fingerprint density at radius 1 is 1.33 bits per heavy atom. The molecule has 8 heteroatoms. The number of sulfone groups is 1. The van der Waals surface area contributed by atoms with Gasteiger partial charge in [0.15, 0.2) is 0 Å². The van der Waals surface area contributed by atoms with E-state index in [4.69, 9.17) is 0 Å². The van der Waals surface area contributed by atoms with Crippen molar-refractivity contribution in [1.29, 1.82) is 0 Å². The fourth-order valence-corrected chi connectivity index (χ4v) is 1.88. The van der Waals surface area contributed by atoms with Crippen LogP contribution in [0.3, 0.4) is 0 Å². The van der Waals surface area contributed by atoms with Crippen molar-refractivity contribution in [2.75, 3.05) is 25.1 Å². The predicted octanol–water partition coefficient (Wildman–Crippen LogP) is -1.52. The smallest absolute Gasteiger partial charge is 0.314 e. The quantitative estimate of drug-likeness (QED) is 0.614. The highest BCUT2D eigenvalue weighted by Gasteiger charge is 2.02. The Morgan fingerprint density at radius 2 is 2.00 bits per heavy atom. The fourth-order valence-electron chi connectivity index (χ4n) is 1.37. The summed E-state index contributed by atoms with van der Waals surface area (Å²) in [6.07, 6.45) is 2.66. The van der Waals surface area contributed by atoms with Gasteiger partial charge in [0.1, 0.15) is 9.84 Å². The summed E-state index contributed by atoms with van der Waals surface area (Å²) in [6.45, 7) is 2.79. The van der Waals surface area contributed by atoms with Gasteiger partial charge in [0, 0.05) is 37.7 Å². The number of rotatable bonds is 6. The molecule has 0 fully saturated rings. The lowest BCUT2D eigenvalue weighted by atomic mass is 10.4. The van der Waals surface area contributed by atoms with Gasteiger partial charge in [-0.15, -0.1) is 0 Å². The van der Waals surface area contributed by atoms with E-state index in [-0.39, 0.29) is 11.3 Å². The van der Waals surface area contributed by atoms with E-state index in [2.05, 4.69) is 10.3 Å². The molecule has 1 rings (SSSR count). The molecule has 0 atom stereocenters. The molecule has 0 saturated carbocycles. The van der Waals surface area contributed by atoms with Crippen LogP contribution >= 0.6 is 0 Å². The largest absolute Gasteiger partial charge is 0.328 e. The van der Waals surface area contributed by atoms with E-state index in [0.29, 0.717) is 25.2 Å². The zero-order valence-electron chi connectivity index (χ0n) is 10.4. The van der Waals surface area contributed by atoms with Gasteiger partial charge < -0.3 is 5.32 Å². The second-order valence-corrected chi connectivity index (χ2v) is 6.40. The van der Waals surface area contributed by atoms with Crippen LogP contribution < -0.4 is 16.6 Å². The Hall–Kier alpha value is -1.41. The van der Waals surface area contributed by atoms with Crippen molar-refractivity contribution >= 4 is 9.84 Å². The number of H-pyrrole nitrogens is 1. The van der Waals surface area contributed by atoms with Gasteiger partial charge in [0.2, 0.25) is 0 Å². The topological polar surface area (TPSA) is 101 Å².